The number of rotatable bonds is 6. The van der Waals surface area contributed by atoms with Crippen molar-refractivity contribution in [3.05, 3.63) is 47.7 Å². The van der Waals surface area contributed by atoms with Gasteiger partial charge in [-0.15, -0.1) is 0 Å². The average molecular weight is 396 g/mol. The molecule has 0 aliphatic carbocycles. The Morgan fingerprint density at radius 1 is 1.34 bits per heavy atom. The summed E-state index contributed by atoms with van der Waals surface area (Å²) in [5.41, 5.74) is 1.96. The van der Waals surface area contributed by atoms with Crippen molar-refractivity contribution in [3.63, 3.8) is 0 Å². The van der Waals surface area contributed by atoms with Gasteiger partial charge in [0.2, 0.25) is 5.91 Å². The summed E-state index contributed by atoms with van der Waals surface area (Å²) < 4.78 is 10.4. The average Bonchev–Trinajstić information content (AvgIpc) is 2.72. The highest BCUT2D eigenvalue weighted by atomic mass is 16.5. The molecular weight excluding hydrogens is 372 g/mol. The van der Waals surface area contributed by atoms with Crippen LogP contribution in [-0.4, -0.2) is 50.2 Å². The molecule has 0 unspecified atom stereocenters. The number of anilines is 2. The topological polar surface area (TPSA) is 92.8 Å². The Kier molecular flexibility index (Phi) is 5.10. The molecule has 0 saturated carbocycles. The van der Waals surface area contributed by atoms with Crippen LogP contribution in [0.5, 0.6) is 5.75 Å². The van der Waals surface area contributed by atoms with E-state index in [1.165, 1.54) is 6.20 Å². The van der Waals surface area contributed by atoms with E-state index in [1.807, 2.05) is 24.3 Å². The number of carbonyl (C=O) groups excluding carboxylic acids is 2. The van der Waals surface area contributed by atoms with Crippen molar-refractivity contribution in [3.8, 4) is 5.75 Å². The minimum atomic E-state index is -0.212. The monoisotopic (exact) mass is 396 g/mol. The zero-order valence-electron chi connectivity index (χ0n) is 16.5. The van der Waals surface area contributed by atoms with E-state index in [0.29, 0.717) is 43.4 Å². The molecule has 0 atom stereocenters. The molecule has 2 aliphatic heterocycles. The molecule has 152 valence electrons. The number of fused-ring (bicyclic) bond motifs is 1. The summed E-state index contributed by atoms with van der Waals surface area (Å²) in [4.78, 5) is 31.2. The Morgan fingerprint density at radius 3 is 2.76 bits per heavy atom. The molecule has 2 aliphatic rings. The van der Waals surface area contributed by atoms with E-state index < -0.39 is 0 Å². The molecule has 8 nitrogen and oxygen atoms in total. The minimum Gasteiger partial charge on any atom is -0.497 e. The highest BCUT2D eigenvalue weighted by Crippen LogP contribution is 2.30. The molecule has 29 heavy (non-hydrogen) atoms. The molecule has 1 aromatic heterocycles. The first-order valence-corrected chi connectivity index (χ1v) is 9.51. The number of nitrogens with one attached hydrogen (secondary N) is 2. The van der Waals surface area contributed by atoms with Gasteiger partial charge >= 0.3 is 0 Å². The molecule has 1 saturated heterocycles. The number of pyridine rings is 1. The second-order valence-corrected chi connectivity index (χ2v) is 7.76. The number of aromatic nitrogens is 1. The molecule has 1 aromatic carbocycles. The summed E-state index contributed by atoms with van der Waals surface area (Å²) in [5, 5.41) is 5.96. The van der Waals surface area contributed by atoms with Crippen LogP contribution in [0.25, 0.3) is 0 Å². The largest absolute Gasteiger partial charge is 0.497 e. The number of amides is 2. The van der Waals surface area contributed by atoms with Crippen molar-refractivity contribution in [2.75, 3.05) is 43.6 Å². The SMILES string of the molecule is COc1ccc(CN2C(=O)CNc3ncc(C(=O)NCC4(C)COC4)cc32)cc1. The van der Waals surface area contributed by atoms with Gasteiger partial charge < -0.3 is 25.0 Å². The lowest BCUT2D eigenvalue weighted by Gasteiger charge is -2.38. The Hall–Kier alpha value is -3.13. The number of methoxy groups -OCH3 is 1. The summed E-state index contributed by atoms with van der Waals surface area (Å²) in [6.45, 7) is 4.45. The Balaban J connectivity index is 1.53. The van der Waals surface area contributed by atoms with Crippen LogP contribution in [0.3, 0.4) is 0 Å². The Morgan fingerprint density at radius 2 is 2.10 bits per heavy atom. The zero-order valence-corrected chi connectivity index (χ0v) is 16.5. The second kappa shape index (κ2) is 7.71. The minimum absolute atomic E-state index is 0.0186. The third-order valence-corrected chi connectivity index (χ3v) is 5.21. The second-order valence-electron chi connectivity index (χ2n) is 7.76. The molecule has 0 radical (unpaired) electrons. The molecule has 0 bridgehead atoms. The predicted octanol–water partition coefficient (Wildman–Crippen LogP) is 1.82. The molecule has 2 aromatic rings. The van der Waals surface area contributed by atoms with E-state index in [1.54, 1.807) is 18.1 Å². The first-order valence-electron chi connectivity index (χ1n) is 9.51. The van der Waals surface area contributed by atoms with Crippen LogP contribution in [0.15, 0.2) is 36.5 Å². The normalized spacial score (nSPS) is 17.0. The molecule has 0 spiro atoms. The van der Waals surface area contributed by atoms with Crippen molar-refractivity contribution in [2.45, 2.75) is 13.5 Å². The fourth-order valence-electron chi connectivity index (χ4n) is 3.34. The number of benzene rings is 1. The summed E-state index contributed by atoms with van der Waals surface area (Å²) in [7, 11) is 1.61. The standard InChI is InChI=1S/C21H24N4O4/c1-21(12-29-13-21)11-24-20(27)15-7-17-19(22-8-15)23-9-18(26)25(17)10-14-3-5-16(28-2)6-4-14/h3-8H,9-13H2,1-2H3,(H,22,23)(H,24,27). The lowest BCUT2D eigenvalue weighted by Crippen LogP contribution is -2.48. The summed E-state index contributed by atoms with van der Waals surface area (Å²) in [6.07, 6.45) is 1.53. The van der Waals surface area contributed by atoms with Crippen molar-refractivity contribution in [1.82, 2.24) is 10.3 Å². The van der Waals surface area contributed by atoms with Crippen LogP contribution in [0, 0.1) is 5.41 Å². The van der Waals surface area contributed by atoms with E-state index in [2.05, 4.69) is 22.5 Å². The first-order chi connectivity index (χ1) is 14.0. The summed E-state index contributed by atoms with van der Waals surface area (Å²) >= 11 is 0. The quantitative estimate of drug-likeness (QED) is 0.774. The van der Waals surface area contributed by atoms with Crippen molar-refractivity contribution in [1.29, 1.82) is 0 Å². The summed E-state index contributed by atoms with van der Waals surface area (Å²) in [5.74, 6) is 1.06. The van der Waals surface area contributed by atoms with E-state index in [-0.39, 0.29) is 23.8 Å². The van der Waals surface area contributed by atoms with Crippen LogP contribution < -0.4 is 20.3 Å². The maximum absolute atomic E-state index is 12.6. The molecule has 3 heterocycles. The van der Waals surface area contributed by atoms with Gasteiger partial charge in [-0.05, 0) is 23.8 Å². The molecule has 8 heteroatoms. The Labute approximate surface area is 169 Å². The number of hydrogen-bond acceptors (Lipinski definition) is 6. The number of ether oxygens (including phenoxy) is 2. The van der Waals surface area contributed by atoms with Gasteiger partial charge in [-0.25, -0.2) is 4.98 Å². The van der Waals surface area contributed by atoms with Crippen LogP contribution >= 0.6 is 0 Å². The van der Waals surface area contributed by atoms with Crippen molar-refractivity contribution < 1.29 is 19.1 Å². The van der Waals surface area contributed by atoms with Crippen LogP contribution in [-0.2, 0) is 16.1 Å². The third kappa shape index (κ3) is 4.02. The zero-order chi connectivity index (χ0) is 20.4. The van der Waals surface area contributed by atoms with Crippen molar-refractivity contribution >= 4 is 23.3 Å². The predicted molar refractivity (Wildman–Crippen MR) is 108 cm³/mol. The van der Waals surface area contributed by atoms with Gasteiger partial charge in [0.15, 0.2) is 5.82 Å². The van der Waals surface area contributed by atoms with Gasteiger partial charge in [0.25, 0.3) is 5.91 Å². The fraction of sp³-hybridized carbons (Fsp3) is 0.381. The van der Waals surface area contributed by atoms with Crippen LogP contribution in [0.4, 0.5) is 11.5 Å². The van der Waals surface area contributed by atoms with Gasteiger partial charge in [-0.1, -0.05) is 19.1 Å². The van der Waals surface area contributed by atoms with E-state index in [9.17, 15) is 9.59 Å². The number of carbonyl (C=O) groups is 2. The van der Waals surface area contributed by atoms with E-state index >= 15 is 0 Å². The third-order valence-electron chi connectivity index (χ3n) is 5.21. The lowest BCUT2D eigenvalue weighted by molar-refractivity contribution is -0.117. The van der Waals surface area contributed by atoms with Gasteiger partial charge in [0, 0.05) is 18.2 Å². The van der Waals surface area contributed by atoms with E-state index in [4.69, 9.17) is 9.47 Å². The molecule has 2 amide bonds. The number of hydrogen-bond donors (Lipinski definition) is 2. The highest BCUT2D eigenvalue weighted by Gasteiger charge is 2.34. The fourth-order valence-corrected chi connectivity index (χ4v) is 3.34. The van der Waals surface area contributed by atoms with Gasteiger partial charge in [0.1, 0.15) is 5.75 Å². The maximum atomic E-state index is 12.6. The smallest absolute Gasteiger partial charge is 0.252 e. The molecule has 4 rings (SSSR count). The first kappa shape index (κ1) is 19.2. The lowest BCUT2D eigenvalue weighted by atomic mass is 9.89. The maximum Gasteiger partial charge on any atom is 0.252 e. The van der Waals surface area contributed by atoms with Gasteiger partial charge in [-0.3, -0.25) is 9.59 Å². The van der Waals surface area contributed by atoms with E-state index in [0.717, 1.165) is 11.3 Å². The van der Waals surface area contributed by atoms with Crippen LogP contribution in [0.2, 0.25) is 0 Å². The van der Waals surface area contributed by atoms with Crippen molar-refractivity contribution in [2.24, 2.45) is 5.41 Å². The molecule has 1 fully saturated rings. The summed E-state index contributed by atoms with van der Waals surface area (Å²) in [6, 6.07) is 9.26. The van der Waals surface area contributed by atoms with Crippen LogP contribution in [0.1, 0.15) is 22.8 Å². The van der Waals surface area contributed by atoms with Gasteiger partial charge in [-0.2, -0.15) is 0 Å². The molecule has 2 N–H and O–H groups in total. The Bertz CT molecular complexity index is 925. The number of nitrogens with zero attached hydrogens (tertiary/aromatic N) is 2. The van der Waals surface area contributed by atoms with Gasteiger partial charge in [0.05, 0.1) is 44.7 Å². The highest BCUT2D eigenvalue weighted by molar-refractivity contribution is 6.04. The molecular formula is C21H24N4O4.